The number of hydrogen-bond acceptors (Lipinski definition) is 4. The summed E-state index contributed by atoms with van der Waals surface area (Å²) in [6.45, 7) is 2.96. The van der Waals surface area contributed by atoms with Crippen molar-refractivity contribution in [2.45, 2.75) is 45.4 Å². The van der Waals surface area contributed by atoms with Crippen molar-refractivity contribution in [3.8, 4) is 52.3 Å². The van der Waals surface area contributed by atoms with Crippen molar-refractivity contribution in [3.63, 3.8) is 0 Å². The maximum atomic E-state index is 6.44. The van der Waals surface area contributed by atoms with Gasteiger partial charge < -0.3 is 9.15 Å². The molecule has 0 aliphatic carbocycles. The first-order chi connectivity index (χ1) is 30.7. The van der Waals surface area contributed by atoms with E-state index in [4.69, 9.17) is 9.15 Å². The van der Waals surface area contributed by atoms with Gasteiger partial charge in [-0.2, -0.15) is 0 Å². The van der Waals surface area contributed by atoms with E-state index in [1.807, 2.05) is 42.5 Å². The molecule has 0 aliphatic rings. The number of ether oxygens (including phenoxy) is 1. The van der Waals surface area contributed by atoms with E-state index in [0.29, 0.717) is 18.4 Å². The van der Waals surface area contributed by atoms with Crippen LogP contribution in [0.15, 0.2) is 156 Å². The van der Waals surface area contributed by atoms with Gasteiger partial charge in [-0.1, -0.05) is 160 Å². The fourth-order valence-electron chi connectivity index (χ4n) is 9.09. The van der Waals surface area contributed by atoms with E-state index in [2.05, 4.69) is 150 Å². The monoisotopic (exact) mass is 798 g/mol. The van der Waals surface area contributed by atoms with E-state index in [1.54, 1.807) is 0 Å². The molecule has 0 fully saturated rings. The minimum Gasteiger partial charge on any atom is -0.494 e. The minimum absolute atomic E-state index is 0.384. The summed E-state index contributed by atoms with van der Waals surface area (Å²) in [5, 5.41) is 23.8. The van der Waals surface area contributed by atoms with Crippen LogP contribution >= 0.6 is 0 Å². The van der Waals surface area contributed by atoms with Gasteiger partial charge in [0.05, 0.1) is 12.2 Å². The summed E-state index contributed by atoms with van der Waals surface area (Å²) in [7, 11) is 0. The molecule has 0 amide bonds. The van der Waals surface area contributed by atoms with Crippen LogP contribution in [-0.4, -0.2) is 16.8 Å². The van der Waals surface area contributed by atoms with Crippen LogP contribution in [0.3, 0.4) is 0 Å². The summed E-state index contributed by atoms with van der Waals surface area (Å²) in [6, 6.07) is 53.1. The van der Waals surface area contributed by atoms with Crippen LogP contribution in [-0.2, 0) is 0 Å². The smallest absolute Gasteiger partial charge is 0.249 e. The molecule has 11 rings (SSSR count). The zero-order valence-corrected chi connectivity index (χ0v) is 34.6. The van der Waals surface area contributed by atoms with Crippen LogP contribution in [0.2, 0.25) is 0 Å². The van der Waals surface area contributed by atoms with Crippen LogP contribution in [0.1, 0.15) is 67.7 Å². The van der Waals surface area contributed by atoms with Gasteiger partial charge in [-0.3, -0.25) is 0 Å². The lowest BCUT2D eigenvalue weighted by Crippen LogP contribution is -1.97. The summed E-state index contributed by atoms with van der Waals surface area (Å²) >= 11 is 0. The van der Waals surface area contributed by atoms with Crippen molar-refractivity contribution in [1.29, 1.82) is 0 Å². The lowest BCUT2D eigenvalue weighted by molar-refractivity contribution is 0.304. The number of benzene rings is 10. The first-order valence-corrected chi connectivity index (χ1v) is 21.8. The number of hydrogen-bond donors (Lipinski definition) is 0. The van der Waals surface area contributed by atoms with Crippen molar-refractivity contribution in [2.24, 2.45) is 0 Å². The Morgan fingerprint density at radius 1 is 0.452 bits per heavy atom. The van der Waals surface area contributed by atoms with Crippen molar-refractivity contribution in [1.82, 2.24) is 10.2 Å². The minimum atomic E-state index is 0.384. The van der Waals surface area contributed by atoms with Crippen LogP contribution in [0.5, 0.6) is 5.75 Å². The summed E-state index contributed by atoms with van der Waals surface area (Å²) in [5.41, 5.74) is 5.10. The van der Waals surface area contributed by atoms with Crippen LogP contribution in [0.25, 0.3) is 87.5 Å². The van der Waals surface area contributed by atoms with Gasteiger partial charge >= 0.3 is 0 Å². The summed E-state index contributed by atoms with van der Waals surface area (Å²) in [5.74, 6) is 15.7. The molecule has 0 spiro atoms. The first-order valence-electron chi connectivity index (χ1n) is 21.8. The average molecular weight is 799 g/mol. The second-order valence-corrected chi connectivity index (χ2v) is 16.3. The molecular formula is C58H42N2O2. The van der Waals surface area contributed by atoms with E-state index in [1.165, 1.54) is 86.0 Å². The molecule has 0 aliphatic heterocycles. The van der Waals surface area contributed by atoms with Crippen molar-refractivity contribution in [2.75, 3.05) is 6.61 Å². The van der Waals surface area contributed by atoms with Crippen molar-refractivity contribution in [3.05, 3.63) is 174 Å². The molecule has 296 valence electrons. The van der Waals surface area contributed by atoms with Gasteiger partial charge in [-0.15, -0.1) is 10.2 Å². The fourth-order valence-corrected chi connectivity index (χ4v) is 9.09. The Labute approximate surface area is 360 Å². The van der Waals surface area contributed by atoms with E-state index in [-0.39, 0.29) is 0 Å². The summed E-state index contributed by atoms with van der Waals surface area (Å²) in [6.07, 6.45) is 7.38. The van der Waals surface area contributed by atoms with Gasteiger partial charge in [0, 0.05) is 27.8 Å². The van der Waals surface area contributed by atoms with Crippen LogP contribution in [0.4, 0.5) is 0 Å². The van der Waals surface area contributed by atoms with Gasteiger partial charge in [-0.05, 0) is 126 Å². The van der Waals surface area contributed by atoms with Gasteiger partial charge in [0.25, 0.3) is 0 Å². The lowest BCUT2D eigenvalue weighted by Gasteiger charge is -2.11. The quantitative estimate of drug-likeness (QED) is 0.0785. The molecule has 62 heavy (non-hydrogen) atoms. The van der Waals surface area contributed by atoms with Crippen molar-refractivity contribution < 1.29 is 9.15 Å². The molecule has 0 atom stereocenters. The highest BCUT2D eigenvalue weighted by molar-refractivity contribution is 6.25. The Morgan fingerprint density at radius 3 is 1.58 bits per heavy atom. The average Bonchev–Trinajstić information content (AvgIpc) is 3.82. The highest BCUT2D eigenvalue weighted by atomic mass is 16.5. The van der Waals surface area contributed by atoms with Gasteiger partial charge in [0.1, 0.15) is 5.75 Å². The van der Waals surface area contributed by atoms with Crippen LogP contribution < -0.4 is 4.74 Å². The fraction of sp³-hybridized carbons (Fsp3) is 0.138. The van der Waals surface area contributed by atoms with E-state index < -0.39 is 0 Å². The zero-order chi connectivity index (χ0) is 41.4. The van der Waals surface area contributed by atoms with Gasteiger partial charge in [0.2, 0.25) is 11.8 Å². The molecule has 4 nitrogen and oxygen atoms in total. The molecule has 4 heteroatoms. The number of aromatic nitrogens is 2. The molecule has 0 radical (unpaired) electrons. The normalized spacial score (nSPS) is 11.5. The van der Waals surface area contributed by atoms with Gasteiger partial charge in [-0.25, -0.2) is 0 Å². The number of nitrogens with zero attached hydrogens (tertiary/aromatic N) is 2. The summed E-state index contributed by atoms with van der Waals surface area (Å²) in [4.78, 5) is 0. The van der Waals surface area contributed by atoms with Crippen molar-refractivity contribution >= 4 is 64.6 Å². The Hall–Kier alpha value is -7.66. The highest BCUT2D eigenvalue weighted by Crippen LogP contribution is 2.38. The predicted molar refractivity (Wildman–Crippen MR) is 256 cm³/mol. The molecule has 1 heterocycles. The summed E-state index contributed by atoms with van der Waals surface area (Å²) < 4.78 is 12.5. The predicted octanol–water partition coefficient (Wildman–Crippen LogP) is 14.7. The van der Waals surface area contributed by atoms with E-state index in [9.17, 15) is 0 Å². The Bertz CT molecular complexity index is 3520. The standard InChI is InChI=1S/C58H42N2O2/c1-2-3-4-5-6-7-36-61-49-32-28-48(29-33-49)57-59-60-58(62-57)52-37-38(14-16-39-20-22-46-26-24-42-10-8-12-44-30-34-50(39)55(46)53(42)44)15-17-41(52)19-18-40-21-23-47-27-25-43-11-9-13-45-31-35-51(40)56(47)54(43)45/h8-13,15,17,20-35,37H,2-7,36H2,1H3. The Morgan fingerprint density at radius 2 is 0.952 bits per heavy atom. The molecule has 0 N–H and O–H groups in total. The lowest BCUT2D eigenvalue weighted by atomic mass is 9.92. The third kappa shape index (κ3) is 6.91. The molecule has 0 saturated carbocycles. The SMILES string of the molecule is CCCCCCCCOc1ccc(-c2nnc(-c3cc(C#Cc4ccc5ccc6cccc7ccc4c5c67)ccc3C#Cc3ccc4ccc5cccc6ccc3c4c56)o2)cc1. The molecule has 1 aromatic heterocycles. The zero-order valence-electron chi connectivity index (χ0n) is 34.6. The molecule has 0 saturated heterocycles. The van der Waals surface area contributed by atoms with E-state index in [0.717, 1.165) is 56.3 Å². The molecule has 0 unspecified atom stereocenters. The van der Waals surface area contributed by atoms with Crippen LogP contribution in [0, 0.1) is 23.7 Å². The topological polar surface area (TPSA) is 48.2 Å². The second-order valence-electron chi connectivity index (χ2n) is 16.3. The third-order valence-electron chi connectivity index (χ3n) is 12.3. The second kappa shape index (κ2) is 16.1. The Kier molecular flexibility index (Phi) is 9.68. The molecular weight excluding hydrogens is 757 g/mol. The Balaban J connectivity index is 0.951. The highest BCUT2D eigenvalue weighted by Gasteiger charge is 2.16. The molecule has 10 aromatic carbocycles. The maximum Gasteiger partial charge on any atom is 0.249 e. The first kappa shape index (κ1) is 37.3. The number of rotatable bonds is 10. The third-order valence-corrected chi connectivity index (χ3v) is 12.3. The molecule has 0 bridgehead atoms. The van der Waals surface area contributed by atoms with Gasteiger partial charge in [0.15, 0.2) is 0 Å². The molecule has 11 aromatic rings. The number of unbranched alkanes of at least 4 members (excludes halogenated alkanes) is 5. The maximum absolute atomic E-state index is 6.44. The van der Waals surface area contributed by atoms with E-state index >= 15 is 0 Å². The largest absolute Gasteiger partial charge is 0.494 e.